The lowest BCUT2D eigenvalue weighted by Crippen LogP contribution is -2.27. The van der Waals surface area contributed by atoms with Crippen molar-refractivity contribution in [2.45, 2.75) is 44.3 Å². The summed E-state index contributed by atoms with van der Waals surface area (Å²) in [5.74, 6) is 1.89. The Morgan fingerprint density at radius 2 is 1.62 bits per heavy atom. The molecule has 0 aromatic heterocycles. The normalized spacial score (nSPS) is 45.7. The van der Waals surface area contributed by atoms with E-state index in [1.807, 2.05) is 0 Å². The van der Waals surface area contributed by atoms with Crippen molar-refractivity contribution in [1.82, 2.24) is 0 Å². The van der Waals surface area contributed by atoms with Gasteiger partial charge >= 0.3 is 0 Å². The predicted molar refractivity (Wildman–Crippen MR) is 49.5 cm³/mol. The van der Waals surface area contributed by atoms with Crippen molar-refractivity contribution in [2.24, 2.45) is 11.8 Å². The Balaban J connectivity index is 1.57. The fourth-order valence-electron chi connectivity index (χ4n) is 3.05. The molecule has 2 nitrogen and oxygen atoms in total. The monoisotopic (exact) mass is 182 g/mol. The second-order valence-electron chi connectivity index (χ2n) is 4.74. The molecule has 74 valence electrons. The fourth-order valence-corrected chi connectivity index (χ4v) is 3.05. The van der Waals surface area contributed by atoms with Crippen LogP contribution in [0, 0.1) is 11.8 Å². The molecule has 2 saturated heterocycles. The number of hydrogen-bond acceptors (Lipinski definition) is 2. The maximum atomic E-state index is 5.57. The van der Waals surface area contributed by atoms with Gasteiger partial charge in [-0.15, -0.1) is 0 Å². The van der Waals surface area contributed by atoms with Crippen molar-refractivity contribution in [2.75, 3.05) is 13.2 Å². The first kappa shape index (κ1) is 8.25. The predicted octanol–water partition coefficient (Wildman–Crippen LogP) is 1.98. The summed E-state index contributed by atoms with van der Waals surface area (Å²) in [6.45, 7) is 1.99. The standard InChI is InChI=1S/C11H18O2/c1-2-10-11(13-10)7-9(1)8-3-5-12-6-4-8/h8-11H,1-7H2. The highest BCUT2D eigenvalue weighted by atomic mass is 16.6. The van der Waals surface area contributed by atoms with E-state index in [9.17, 15) is 0 Å². The van der Waals surface area contributed by atoms with Gasteiger partial charge in [-0.1, -0.05) is 0 Å². The van der Waals surface area contributed by atoms with Crippen LogP contribution in [-0.4, -0.2) is 25.4 Å². The molecule has 1 saturated carbocycles. The van der Waals surface area contributed by atoms with E-state index in [1.54, 1.807) is 0 Å². The summed E-state index contributed by atoms with van der Waals surface area (Å²) < 4.78 is 11.0. The SMILES string of the molecule is C1CC(C2CCC3OC3C2)CCO1. The van der Waals surface area contributed by atoms with Crippen LogP contribution in [-0.2, 0) is 9.47 Å². The highest BCUT2D eigenvalue weighted by molar-refractivity contribution is 4.93. The van der Waals surface area contributed by atoms with Crippen LogP contribution in [0.3, 0.4) is 0 Å². The van der Waals surface area contributed by atoms with E-state index < -0.39 is 0 Å². The number of ether oxygens (including phenoxy) is 2. The molecule has 2 heteroatoms. The summed E-state index contributed by atoms with van der Waals surface area (Å²) in [6.07, 6.45) is 7.98. The summed E-state index contributed by atoms with van der Waals surface area (Å²) in [5, 5.41) is 0. The Kier molecular flexibility index (Phi) is 2.06. The lowest BCUT2D eigenvalue weighted by Gasteiger charge is -2.31. The molecule has 0 aromatic rings. The highest BCUT2D eigenvalue weighted by Crippen LogP contribution is 2.44. The van der Waals surface area contributed by atoms with Gasteiger partial charge in [-0.25, -0.2) is 0 Å². The Bertz CT molecular complexity index is 187. The number of rotatable bonds is 1. The van der Waals surface area contributed by atoms with Gasteiger partial charge in [0, 0.05) is 13.2 Å². The molecule has 0 aromatic carbocycles. The molecule has 0 spiro atoms. The zero-order valence-electron chi connectivity index (χ0n) is 8.08. The van der Waals surface area contributed by atoms with Crippen LogP contribution in [0.4, 0.5) is 0 Å². The first-order valence-corrected chi connectivity index (χ1v) is 5.66. The van der Waals surface area contributed by atoms with Crippen LogP contribution in [0.5, 0.6) is 0 Å². The van der Waals surface area contributed by atoms with Crippen molar-refractivity contribution < 1.29 is 9.47 Å². The summed E-state index contributed by atoms with van der Waals surface area (Å²) in [7, 11) is 0. The first-order chi connectivity index (χ1) is 6.43. The van der Waals surface area contributed by atoms with E-state index in [0.717, 1.165) is 25.0 Å². The summed E-state index contributed by atoms with van der Waals surface area (Å²) >= 11 is 0. The van der Waals surface area contributed by atoms with E-state index >= 15 is 0 Å². The maximum Gasteiger partial charge on any atom is 0.0844 e. The average Bonchev–Trinajstić information content (AvgIpc) is 2.96. The third-order valence-electron chi connectivity index (χ3n) is 3.98. The van der Waals surface area contributed by atoms with Gasteiger partial charge < -0.3 is 9.47 Å². The number of epoxide rings is 1. The molecule has 3 rings (SSSR count). The van der Waals surface area contributed by atoms with E-state index in [1.165, 1.54) is 32.1 Å². The van der Waals surface area contributed by atoms with Crippen LogP contribution < -0.4 is 0 Å². The molecule has 3 aliphatic rings. The molecule has 3 atom stereocenters. The maximum absolute atomic E-state index is 5.57. The summed E-state index contributed by atoms with van der Waals surface area (Å²) in [4.78, 5) is 0. The smallest absolute Gasteiger partial charge is 0.0844 e. The zero-order chi connectivity index (χ0) is 8.67. The van der Waals surface area contributed by atoms with Gasteiger partial charge in [0.25, 0.3) is 0 Å². The molecule has 3 unspecified atom stereocenters. The van der Waals surface area contributed by atoms with Crippen molar-refractivity contribution in [1.29, 1.82) is 0 Å². The van der Waals surface area contributed by atoms with Gasteiger partial charge in [0.2, 0.25) is 0 Å². The highest BCUT2D eigenvalue weighted by Gasteiger charge is 2.45. The third kappa shape index (κ3) is 1.62. The molecule has 0 N–H and O–H groups in total. The quantitative estimate of drug-likeness (QED) is 0.578. The zero-order valence-corrected chi connectivity index (χ0v) is 8.08. The number of fused-ring (bicyclic) bond motifs is 1. The number of hydrogen-bond donors (Lipinski definition) is 0. The van der Waals surface area contributed by atoms with Crippen LogP contribution in [0.25, 0.3) is 0 Å². The van der Waals surface area contributed by atoms with Gasteiger partial charge in [0.1, 0.15) is 0 Å². The fraction of sp³-hybridized carbons (Fsp3) is 1.00. The molecule has 0 bridgehead atoms. The van der Waals surface area contributed by atoms with Crippen molar-refractivity contribution >= 4 is 0 Å². The van der Waals surface area contributed by atoms with Gasteiger partial charge in [0.05, 0.1) is 12.2 Å². The molecular formula is C11H18O2. The van der Waals surface area contributed by atoms with E-state index in [2.05, 4.69) is 0 Å². The van der Waals surface area contributed by atoms with Gasteiger partial charge in [0.15, 0.2) is 0 Å². The second kappa shape index (κ2) is 3.25. The Hall–Kier alpha value is -0.0800. The van der Waals surface area contributed by atoms with Crippen molar-refractivity contribution in [3.05, 3.63) is 0 Å². The minimum atomic E-state index is 0.654. The summed E-state index contributed by atoms with van der Waals surface area (Å²) in [6, 6.07) is 0. The Morgan fingerprint density at radius 1 is 0.769 bits per heavy atom. The minimum Gasteiger partial charge on any atom is -0.381 e. The van der Waals surface area contributed by atoms with Crippen LogP contribution in [0.2, 0.25) is 0 Å². The van der Waals surface area contributed by atoms with Gasteiger partial charge in [-0.05, 0) is 43.9 Å². The molecule has 2 aliphatic heterocycles. The largest absolute Gasteiger partial charge is 0.381 e. The van der Waals surface area contributed by atoms with E-state index in [4.69, 9.17) is 9.47 Å². The Morgan fingerprint density at radius 3 is 2.38 bits per heavy atom. The second-order valence-corrected chi connectivity index (χ2v) is 4.74. The Labute approximate surface area is 79.6 Å². The van der Waals surface area contributed by atoms with Crippen LogP contribution in [0.15, 0.2) is 0 Å². The molecule has 0 radical (unpaired) electrons. The van der Waals surface area contributed by atoms with Crippen LogP contribution >= 0.6 is 0 Å². The lowest BCUT2D eigenvalue weighted by molar-refractivity contribution is 0.0406. The lowest BCUT2D eigenvalue weighted by atomic mass is 9.77. The van der Waals surface area contributed by atoms with E-state index in [0.29, 0.717) is 12.2 Å². The molecule has 1 aliphatic carbocycles. The first-order valence-electron chi connectivity index (χ1n) is 5.66. The molecule has 3 fully saturated rings. The molecule has 0 amide bonds. The summed E-state index contributed by atoms with van der Waals surface area (Å²) in [5.41, 5.74) is 0. The molecule has 2 heterocycles. The molecule has 13 heavy (non-hydrogen) atoms. The van der Waals surface area contributed by atoms with Crippen LogP contribution in [0.1, 0.15) is 32.1 Å². The third-order valence-corrected chi connectivity index (χ3v) is 3.98. The minimum absolute atomic E-state index is 0.654. The van der Waals surface area contributed by atoms with Gasteiger partial charge in [-0.2, -0.15) is 0 Å². The van der Waals surface area contributed by atoms with E-state index in [-0.39, 0.29) is 0 Å². The molecular weight excluding hydrogens is 164 g/mol. The van der Waals surface area contributed by atoms with Crippen molar-refractivity contribution in [3.8, 4) is 0 Å². The topological polar surface area (TPSA) is 21.8 Å². The van der Waals surface area contributed by atoms with Crippen molar-refractivity contribution in [3.63, 3.8) is 0 Å². The average molecular weight is 182 g/mol. The van der Waals surface area contributed by atoms with Gasteiger partial charge in [-0.3, -0.25) is 0 Å².